The number of rotatable bonds is 4. The van der Waals surface area contributed by atoms with Gasteiger partial charge in [-0.2, -0.15) is 0 Å². The highest BCUT2D eigenvalue weighted by molar-refractivity contribution is 9.10. The van der Waals surface area contributed by atoms with Gasteiger partial charge in [-0.3, -0.25) is 9.59 Å². The lowest BCUT2D eigenvalue weighted by atomic mass is 9.84. The molecular formula is C26H21BrN4O3S. The average molecular weight is 549 g/mol. The topological polar surface area (TPSA) is 100 Å². The smallest absolute Gasteiger partial charge is 0.287 e. The monoisotopic (exact) mass is 548 g/mol. The number of carbonyl (C=O) groups excluding carboxylic acids is 2. The number of benzene rings is 2. The molecule has 3 aromatic heterocycles. The number of carbonyl (C=O) groups is 2. The van der Waals surface area contributed by atoms with Gasteiger partial charge in [0.05, 0.1) is 22.3 Å². The van der Waals surface area contributed by atoms with E-state index in [4.69, 9.17) is 4.42 Å². The summed E-state index contributed by atoms with van der Waals surface area (Å²) in [6, 6.07) is 15.1. The van der Waals surface area contributed by atoms with Crippen molar-refractivity contribution in [1.29, 1.82) is 0 Å². The first-order chi connectivity index (χ1) is 17.0. The number of nitrogens with zero attached hydrogens (tertiary/aromatic N) is 1. The zero-order valence-electron chi connectivity index (χ0n) is 18.7. The van der Waals surface area contributed by atoms with Crippen molar-refractivity contribution in [1.82, 2.24) is 20.6 Å². The maximum absolute atomic E-state index is 13.2. The summed E-state index contributed by atoms with van der Waals surface area (Å²) in [5.74, 6) is -0.0797. The number of H-pyrrole nitrogens is 1. The van der Waals surface area contributed by atoms with E-state index in [0.717, 1.165) is 36.9 Å². The van der Waals surface area contributed by atoms with Crippen molar-refractivity contribution < 1.29 is 14.0 Å². The molecule has 0 fully saturated rings. The second kappa shape index (κ2) is 8.66. The number of hydrogen-bond donors (Lipinski definition) is 3. The van der Waals surface area contributed by atoms with E-state index in [-0.39, 0.29) is 23.9 Å². The average Bonchev–Trinajstić information content (AvgIpc) is 3.55. The summed E-state index contributed by atoms with van der Waals surface area (Å²) in [5.41, 5.74) is 6.48. The van der Waals surface area contributed by atoms with Crippen LogP contribution in [0.5, 0.6) is 0 Å². The molecule has 1 aliphatic rings. The zero-order valence-corrected chi connectivity index (χ0v) is 21.1. The molecule has 0 radical (unpaired) electrons. The molecule has 3 N–H and O–H groups in total. The van der Waals surface area contributed by atoms with Gasteiger partial charge < -0.3 is 20.0 Å². The second-order valence-electron chi connectivity index (χ2n) is 8.70. The summed E-state index contributed by atoms with van der Waals surface area (Å²) in [6.45, 7) is 1.90. The van der Waals surface area contributed by atoms with Crippen molar-refractivity contribution in [2.45, 2.75) is 31.8 Å². The molecule has 9 heteroatoms. The van der Waals surface area contributed by atoms with Gasteiger partial charge in [-0.1, -0.05) is 40.2 Å². The Kier molecular flexibility index (Phi) is 5.46. The lowest BCUT2D eigenvalue weighted by Crippen LogP contribution is -2.36. The minimum absolute atomic E-state index is 0.147. The maximum atomic E-state index is 13.2. The van der Waals surface area contributed by atoms with Crippen molar-refractivity contribution in [3.63, 3.8) is 0 Å². The fourth-order valence-electron chi connectivity index (χ4n) is 4.83. The normalized spacial score (nSPS) is 17.4. The predicted octanol–water partition coefficient (Wildman–Crippen LogP) is 6.18. The van der Waals surface area contributed by atoms with Crippen molar-refractivity contribution in [3.05, 3.63) is 86.7 Å². The first-order valence-electron chi connectivity index (χ1n) is 11.3. The number of hydrogen-bond acceptors (Lipinski definition) is 5. The molecule has 2 unspecified atom stereocenters. The number of amides is 2. The first kappa shape index (κ1) is 22.1. The van der Waals surface area contributed by atoms with Crippen LogP contribution < -0.4 is 10.6 Å². The highest BCUT2D eigenvalue weighted by Crippen LogP contribution is 2.37. The zero-order chi connectivity index (χ0) is 24.1. The van der Waals surface area contributed by atoms with E-state index in [1.807, 2.05) is 55.5 Å². The Morgan fingerprint density at radius 1 is 1.06 bits per heavy atom. The molecule has 0 saturated carbocycles. The Morgan fingerprint density at radius 2 is 1.77 bits per heavy atom. The van der Waals surface area contributed by atoms with Gasteiger partial charge in [0.1, 0.15) is 16.9 Å². The SMILES string of the molecule is Cc1c(C(=O)NC2CCC(NC(=O)c3cc4scnc4[nH]3)c3ccccc32)oc2ccc(Br)cc12. The molecule has 7 nitrogen and oxygen atoms in total. The van der Waals surface area contributed by atoms with Gasteiger partial charge in [-0.15, -0.1) is 11.3 Å². The van der Waals surface area contributed by atoms with Crippen LogP contribution in [0.15, 0.2) is 62.9 Å². The third kappa shape index (κ3) is 3.94. The Hall–Kier alpha value is -3.43. The van der Waals surface area contributed by atoms with Crippen molar-refractivity contribution in [2.75, 3.05) is 0 Å². The molecule has 0 bridgehead atoms. The van der Waals surface area contributed by atoms with Crippen molar-refractivity contribution in [2.24, 2.45) is 0 Å². The van der Waals surface area contributed by atoms with Gasteiger partial charge in [0.15, 0.2) is 5.76 Å². The number of halogens is 1. The summed E-state index contributed by atoms with van der Waals surface area (Å²) < 4.78 is 7.78. The molecule has 176 valence electrons. The van der Waals surface area contributed by atoms with E-state index in [1.54, 1.807) is 5.51 Å². The Labute approximate surface area is 213 Å². The molecule has 2 aromatic carbocycles. The molecule has 5 aromatic rings. The quantitative estimate of drug-likeness (QED) is 0.249. The van der Waals surface area contributed by atoms with Gasteiger partial charge in [-0.05, 0) is 55.2 Å². The third-order valence-corrected chi connectivity index (χ3v) is 7.84. The molecule has 2 amide bonds. The summed E-state index contributed by atoms with van der Waals surface area (Å²) in [5, 5.41) is 7.22. The van der Waals surface area contributed by atoms with Gasteiger partial charge in [-0.25, -0.2) is 4.98 Å². The lowest BCUT2D eigenvalue weighted by molar-refractivity contribution is 0.0889. The van der Waals surface area contributed by atoms with E-state index in [1.165, 1.54) is 11.3 Å². The summed E-state index contributed by atoms with van der Waals surface area (Å²) in [6.07, 6.45) is 1.40. The van der Waals surface area contributed by atoms with Crippen LogP contribution in [0.4, 0.5) is 0 Å². The number of furan rings is 1. The molecule has 0 spiro atoms. The fourth-order valence-corrected chi connectivity index (χ4v) is 5.86. The largest absolute Gasteiger partial charge is 0.451 e. The van der Waals surface area contributed by atoms with Gasteiger partial charge in [0.2, 0.25) is 0 Å². The summed E-state index contributed by atoms with van der Waals surface area (Å²) in [4.78, 5) is 33.4. The Bertz CT molecular complexity index is 1570. The van der Waals surface area contributed by atoms with Gasteiger partial charge in [0, 0.05) is 15.4 Å². The minimum atomic E-state index is -0.240. The maximum Gasteiger partial charge on any atom is 0.287 e. The van der Waals surface area contributed by atoms with Crippen LogP contribution in [0.2, 0.25) is 0 Å². The van der Waals surface area contributed by atoms with Crippen LogP contribution >= 0.6 is 27.3 Å². The Morgan fingerprint density at radius 3 is 2.49 bits per heavy atom. The van der Waals surface area contributed by atoms with Crippen LogP contribution in [0, 0.1) is 6.92 Å². The van der Waals surface area contributed by atoms with E-state index in [9.17, 15) is 9.59 Å². The van der Waals surface area contributed by atoms with Crippen molar-refractivity contribution in [3.8, 4) is 0 Å². The van der Waals surface area contributed by atoms with Crippen LogP contribution in [0.3, 0.4) is 0 Å². The number of aryl methyl sites for hydroxylation is 1. The van der Waals surface area contributed by atoms with Crippen LogP contribution in [0.25, 0.3) is 21.3 Å². The second-order valence-corrected chi connectivity index (χ2v) is 10.5. The molecule has 35 heavy (non-hydrogen) atoms. The molecule has 3 heterocycles. The van der Waals surface area contributed by atoms with Gasteiger partial charge in [0.25, 0.3) is 11.8 Å². The highest BCUT2D eigenvalue weighted by atomic mass is 79.9. The lowest BCUT2D eigenvalue weighted by Gasteiger charge is -2.32. The fraction of sp³-hybridized carbons (Fsp3) is 0.192. The van der Waals surface area contributed by atoms with E-state index < -0.39 is 0 Å². The summed E-state index contributed by atoms with van der Waals surface area (Å²) in [7, 11) is 0. The number of aromatic nitrogens is 2. The van der Waals surface area contributed by atoms with E-state index in [2.05, 4.69) is 36.5 Å². The van der Waals surface area contributed by atoms with E-state index >= 15 is 0 Å². The first-order valence-corrected chi connectivity index (χ1v) is 13.0. The standard InChI is InChI=1S/C26H21BrN4O3S/c1-13-17-10-14(27)6-9-21(17)34-23(13)26(33)31-19-8-7-18(15-4-2-3-5-16(15)19)30-25(32)20-11-22-24(29-20)28-12-35-22/h2-6,9-12,18-19,29H,7-8H2,1H3,(H,30,32)(H,31,33). The molecular weight excluding hydrogens is 528 g/mol. The number of fused-ring (bicyclic) bond motifs is 3. The minimum Gasteiger partial charge on any atom is -0.451 e. The number of nitrogens with one attached hydrogen (secondary N) is 3. The molecule has 6 rings (SSSR count). The Balaban J connectivity index is 1.23. The number of aromatic amines is 1. The van der Waals surface area contributed by atoms with Crippen LogP contribution in [0.1, 0.15) is 62.7 Å². The summed E-state index contributed by atoms with van der Waals surface area (Å²) >= 11 is 4.97. The van der Waals surface area contributed by atoms with Crippen molar-refractivity contribution >= 4 is 60.4 Å². The molecule has 2 atom stereocenters. The van der Waals surface area contributed by atoms with Crippen LogP contribution in [-0.2, 0) is 0 Å². The number of thiazole rings is 1. The third-order valence-electron chi connectivity index (χ3n) is 6.57. The van der Waals surface area contributed by atoms with E-state index in [0.29, 0.717) is 29.9 Å². The molecule has 0 saturated heterocycles. The highest BCUT2D eigenvalue weighted by Gasteiger charge is 2.31. The molecule has 0 aliphatic heterocycles. The molecule has 1 aliphatic carbocycles. The van der Waals surface area contributed by atoms with Crippen LogP contribution in [-0.4, -0.2) is 21.8 Å². The predicted molar refractivity (Wildman–Crippen MR) is 139 cm³/mol. The van der Waals surface area contributed by atoms with Gasteiger partial charge >= 0.3 is 0 Å².